The molecule has 102 valence electrons. The lowest BCUT2D eigenvalue weighted by molar-refractivity contribution is -0.145. The van der Waals surface area contributed by atoms with Crippen molar-refractivity contribution in [2.75, 3.05) is 6.61 Å². The number of para-hydroxylation sites is 1. The van der Waals surface area contributed by atoms with Crippen LogP contribution in [0.4, 0.5) is 0 Å². The number of rotatable bonds is 3. The molecule has 1 N–H and O–H groups in total. The monoisotopic (exact) mass is 268 g/mol. The quantitative estimate of drug-likeness (QED) is 0.869. The summed E-state index contributed by atoms with van der Waals surface area (Å²) in [5.41, 5.74) is 3.20. The van der Waals surface area contributed by atoms with E-state index < -0.39 is 0 Å². The van der Waals surface area contributed by atoms with Crippen molar-refractivity contribution in [3.8, 4) is 0 Å². The van der Waals surface area contributed by atoms with Gasteiger partial charge in [0.1, 0.15) is 6.04 Å². The van der Waals surface area contributed by atoms with Crippen LogP contribution in [-0.2, 0) is 9.53 Å². The number of aromatic nitrogens is 1. The Kier molecular flexibility index (Phi) is 3.37. The molecule has 0 fully saturated rings. The van der Waals surface area contributed by atoms with Crippen LogP contribution in [0.1, 0.15) is 18.9 Å². The molecular formula is C16H16N2O2. The molecular weight excluding hydrogens is 252 g/mol. The van der Waals surface area contributed by atoms with Crippen LogP contribution in [0, 0.1) is 0 Å². The fraction of sp³-hybridized carbons (Fsp3) is 0.250. The van der Waals surface area contributed by atoms with Gasteiger partial charge in [0.05, 0.1) is 12.1 Å². The SMILES string of the molecule is CCOC(=O)C1CC(c2ccnc3ccccc23)=CN1. The van der Waals surface area contributed by atoms with Crippen LogP contribution in [0.2, 0.25) is 0 Å². The minimum absolute atomic E-state index is 0.197. The van der Waals surface area contributed by atoms with Crippen LogP contribution in [0.25, 0.3) is 16.5 Å². The van der Waals surface area contributed by atoms with Gasteiger partial charge in [-0.15, -0.1) is 0 Å². The molecule has 2 aromatic rings. The summed E-state index contributed by atoms with van der Waals surface area (Å²) in [6.07, 6.45) is 4.35. The Labute approximate surface area is 117 Å². The van der Waals surface area contributed by atoms with Gasteiger partial charge in [0.25, 0.3) is 0 Å². The van der Waals surface area contributed by atoms with Gasteiger partial charge in [0.15, 0.2) is 0 Å². The Bertz CT molecular complexity index is 674. The third kappa shape index (κ3) is 2.25. The van der Waals surface area contributed by atoms with E-state index in [9.17, 15) is 4.79 Å². The Morgan fingerprint density at radius 2 is 2.25 bits per heavy atom. The smallest absolute Gasteiger partial charge is 0.328 e. The van der Waals surface area contributed by atoms with E-state index in [1.807, 2.05) is 37.4 Å². The molecule has 1 aliphatic heterocycles. The lowest BCUT2D eigenvalue weighted by Crippen LogP contribution is -2.31. The standard InChI is InChI=1S/C16H16N2O2/c1-2-20-16(19)15-9-11(10-18-15)12-7-8-17-14-6-4-3-5-13(12)14/h3-8,10,15,18H,2,9H2,1H3. The van der Waals surface area contributed by atoms with Gasteiger partial charge in [0, 0.05) is 24.2 Å². The van der Waals surface area contributed by atoms with E-state index >= 15 is 0 Å². The average Bonchev–Trinajstić information content (AvgIpc) is 2.97. The number of carbonyl (C=O) groups excluding carboxylic acids is 1. The Morgan fingerprint density at radius 1 is 1.40 bits per heavy atom. The number of nitrogens with zero attached hydrogens (tertiary/aromatic N) is 1. The van der Waals surface area contributed by atoms with E-state index in [2.05, 4.69) is 16.4 Å². The van der Waals surface area contributed by atoms with Crippen molar-refractivity contribution < 1.29 is 9.53 Å². The molecule has 0 saturated heterocycles. The lowest BCUT2D eigenvalue weighted by atomic mass is 9.99. The van der Waals surface area contributed by atoms with Gasteiger partial charge in [-0.05, 0) is 30.2 Å². The predicted octanol–water partition coefficient (Wildman–Crippen LogP) is 2.50. The summed E-state index contributed by atoms with van der Waals surface area (Å²) >= 11 is 0. The first-order valence-electron chi connectivity index (χ1n) is 6.75. The summed E-state index contributed by atoms with van der Waals surface area (Å²) in [4.78, 5) is 16.1. The number of esters is 1. The van der Waals surface area contributed by atoms with Gasteiger partial charge in [-0.2, -0.15) is 0 Å². The summed E-state index contributed by atoms with van der Waals surface area (Å²) in [6.45, 7) is 2.22. The maximum atomic E-state index is 11.8. The molecule has 0 bridgehead atoms. The van der Waals surface area contributed by atoms with Gasteiger partial charge in [-0.1, -0.05) is 18.2 Å². The van der Waals surface area contributed by atoms with Gasteiger partial charge in [0.2, 0.25) is 0 Å². The number of carbonyl (C=O) groups is 1. The lowest BCUT2D eigenvalue weighted by Gasteiger charge is -2.10. The van der Waals surface area contributed by atoms with Crippen molar-refractivity contribution in [3.05, 3.63) is 48.3 Å². The Balaban J connectivity index is 1.88. The maximum absolute atomic E-state index is 11.8. The molecule has 4 nitrogen and oxygen atoms in total. The molecule has 0 amide bonds. The number of fused-ring (bicyclic) bond motifs is 1. The van der Waals surface area contributed by atoms with Crippen LogP contribution in [0.5, 0.6) is 0 Å². The molecule has 1 unspecified atom stereocenters. The zero-order valence-corrected chi connectivity index (χ0v) is 11.3. The van der Waals surface area contributed by atoms with Crippen molar-refractivity contribution in [1.82, 2.24) is 10.3 Å². The normalized spacial score (nSPS) is 17.6. The van der Waals surface area contributed by atoms with Crippen molar-refractivity contribution in [2.24, 2.45) is 0 Å². The first-order valence-corrected chi connectivity index (χ1v) is 6.75. The second-order valence-corrected chi connectivity index (χ2v) is 4.72. The topological polar surface area (TPSA) is 51.2 Å². The van der Waals surface area contributed by atoms with E-state index in [-0.39, 0.29) is 12.0 Å². The summed E-state index contributed by atoms with van der Waals surface area (Å²) in [5.74, 6) is -0.197. The fourth-order valence-corrected chi connectivity index (χ4v) is 2.50. The van der Waals surface area contributed by atoms with Gasteiger partial charge < -0.3 is 10.1 Å². The largest absolute Gasteiger partial charge is 0.464 e. The highest BCUT2D eigenvalue weighted by Crippen LogP contribution is 2.29. The first kappa shape index (κ1) is 12.7. The zero-order chi connectivity index (χ0) is 13.9. The van der Waals surface area contributed by atoms with Crippen LogP contribution >= 0.6 is 0 Å². The molecule has 1 aromatic heterocycles. The molecule has 1 aromatic carbocycles. The summed E-state index contributed by atoms with van der Waals surface area (Å²) in [5, 5.41) is 4.20. The number of hydrogen-bond donors (Lipinski definition) is 1. The number of hydrogen-bond acceptors (Lipinski definition) is 4. The van der Waals surface area contributed by atoms with Crippen LogP contribution < -0.4 is 5.32 Å². The number of nitrogens with one attached hydrogen (secondary N) is 1. The minimum atomic E-state index is -0.281. The van der Waals surface area contributed by atoms with E-state index in [0.29, 0.717) is 13.0 Å². The highest BCUT2D eigenvalue weighted by atomic mass is 16.5. The molecule has 4 heteroatoms. The highest BCUT2D eigenvalue weighted by molar-refractivity contribution is 5.93. The van der Waals surface area contributed by atoms with E-state index in [1.165, 1.54) is 0 Å². The third-order valence-electron chi connectivity index (χ3n) is 3.45. The van der Waals surface area contributed by atoms with Gasteiger partial charge >= 0.3 is 5.97 Å². The zero-order valence-electron chi connectivity index (χ0n) is 11.3. The fourth-order valence-electron chi connectivity index (χ4n) is 2.50. The van der Waals surface area contributed by atoms with E-state index in [4.69, 9.17) is 4.74 Å². The van der Waals surface area contributed by atoms with Crippen LogP contribution in [0.15, 0.2) is 42.7 Å². The Hall–Kier alpha value is -2.36. The highest BCUT2D eigenvalue weighted by Gasteiger charge is 2.26. The second-order valence-electron chi connectivity index (χ2n) is 4.72. The molecule has 3 rings (SSSR count). The molecule has 20 heavy (non-hydrogen) atoms. The van der Waals surface area contributed by atoms with Crippen LogP contribution in [-0.4, -0.2) is 23.6 Å². The molecule has 1 atom stereocenters. The van der Waals surface area contributed by atoms with Crippen molar-refractivity contribution in [2.45, 2.75) is 19.4 Å². The van der Waals surface area contributed by atoms with Crippen LogP contribution in [0.3, 0.4) is 0 Å². The Morgan fingerprint density at radius 3 is 3.10 bits per heavy atom. The average molecular weight is 268 g/mol. The predicted molar refractivity (Wildman–Crippen MR) is 77.9 cm³/mol. The van der Waals surface area contributed by atoms with Gasteiger partial charge in [-0.3, -0.25) is 4.98 Å². The molecule has 0 radical (unpaired) electrons. The number of pyridine rings is 1. The molecule has 2 heterocycles. The number of ether oxygens (including phenoxy) is 1. The summed E-state index contributed by atoms with van der Waals surface area (Å²) in [7, 11) is 0. The second kappa shape index (κ2) is 5.33. The van der Waals surface area contributed by atoms with Crippen molar-refractivity contribution in [1.29, 1.82) is 0 Å². The minimum Gasteiger partial charge on any atom is -0.464 e. The third-order valence-corrected chi connectivity index (χ3v) is 3.45. The molecule has 0 saturated carbocycles. The first-order chi connectivity index (χ1) is 9.79. The van der Waals surface area contributed by atoms with Crippen molar-refractivity contribution >= 4 is 22.4 Å². The molecule has 1 aliphatic rings. The maximum Gasteiger partial charge on any atom is 0.328 e. The molecule has 0 spiro atoms. The summed E-state index contributed by atoms with van der Waals surface area (Å²) < 4.78 is 5.05. The van der Waals surface area contributed by atoms with E-state index in [0.717, 1.165) is 22.0 Å². The summed E-state index contributed by atoms with van der Waals surface area (Å²) in [6, 6.07) is 9.72. The van der Waals surface area contributed by atoms with Crippen molar-refractivity contribution in [3.63, 3.8) is 0 Å². The number of benzene rings is 1. The molecule has 0 aliphatic carbocycles. The van der Waals surface area contributed by atoms with Gasteiger partial charge in [-0.25, -0.2) is 4.79 Å². The van der Waals surface area contributed by atoms with E-state index in [1.54, 1.807) is 6.20 Å².